The van der Waals surface area contributed by atoms with Crippen molar-refractivity contribution in [2.75, 3.05) is 6.54 Å². The highest BCUT2D eigenvalue weighted by Gasteiger charge is 2.30. The fourth-order valence-corrected chi connectivity index (χ4v) is 4.15. The monoisotopic (exact) mass is 456 g/mol. The highest BCUT2D eigenvalue weighted by atomic mass is 16.2. The Morgan fingerprint density at radius 3 is 2.12 bits per heavy atom. The number of aryl methyl sites for hydroxylation is 3. The lowest BCUT2D eigenvalue weighted by molar-refractivity contribution is -0.141. The highest BCUT2D eigenvalue weighted by molar-refractivity contribution is 5.88. The number of amides is 2. The zero-order chi connectivity index (χ0) is 24.3. The third-order valence-corrected chi connectivity index (χ3v) is 6.28. The van der Waals surface area contributed by atoms with Gasteiger partial charge in [-0.1, -0.05) is 85.8 Å². The molecule has 0 aromatic heterocycles. The van der Waals surface area contributed by atoms with Gasteiger partial charge in [0.15, 0.2) is 0 Å². The number of hydrogen-bond donors (Lipinski definition) is 1. The van der Waals surface area contributed by atoms with E-state index >= 15 is 0 Å². The molecule has 3 rings (SSSR count). The van der Waals surface area contributed by atoms with Crippen LogP contribution in [-0.4, -0.2) is 29.3 Å². The largest absolute Gasteiger partial charge is 0.355 e. The second kappa shape index (κ2) is 12.7. The van der Waals surface area contributed by atoms with Crippen LogP contribution in [0.4, 0.5) is 0 Å². The Morgan fingerprint density at radius 2 is 1.47 bits per heavy atom. The normalized spacial score (nSPS) is 11.6. The molecule has 1 N–H and O–H groups in total. The molecule has 34 heavy (non-hydrogen) atoms. The van der Waals surface area contributed by atoms with Gasteiger partial charge in [0.05, 0.1) is 0 Å². The standard InChI is InChI=1S/C30H36N2O2/c1-4-24-15-17-25(18-16-24)19-20-29(33)32(22-27-14-10-9-11-23(27)3)28(30(34)31-5-2)21-26-12-7-6-8-13-26/h6-18,28H,4-5,19-22H2,1-3H3,(H,31,34). The van der Waals surface area contributed by atoms with E-state index in [1.807, 2.05) is 68.4 Å². The second-order valence-electron chi connectivity index (χ2n) is 8.72. The average molecular weight is 457 g/mol. The molecular formula is C30H36N2O2. The molecule has 178 valence electrons. The van der Waals surface area contributed by atoms with E-state index in [2.05, 4.69) is 36.5 Å². The van der Waals surface area contributed by atoms with E-state index in [0.29, 0.717) is 32.4 Å². The first kappa shape index (κ1) is 25.2. The van der Waals surface area contributed by atoms with E-state index in [1.165, 1.54) is 5.56 Å². The molecule has 0 aliphatic heterocycles. The summed E-state index contributed by atoms with van der Waals surface area (Å²) >= 11 is 0. The minimum atomic E-state index is -0.572. The van der Waals surface area contributed by atoms with Gasteiger partial charge in [-0.05, 0) is 54.5 Å². The van der Waals surface area contributed by atoms with Gasteiger partial charge >= 0.3 is 0 Å². The number of nitrogens with zero attached hydrogens (tertiary/aromatic N) is 1. The van der Waals surface area contributed by atoms with Crippen LogP contribution in [0.15, 0.2) is 78.9 Å². The molecule has 0 saturated carbocycles. The summed E-state index contributed by atoms with van der Waals surface area (Å²) in [7, 11) is 0. The van der Waals surface area contributed by atoms with E-state index in [-0.39, 0.29) is 11.8 Å². The first-order valence-corrected chi connectivity index (χ1v) is 12.2. The van der Waals surface area contributed by atoms with Gasteiger partial charge in [-0.25, -0.2) is 0 Å². The topological polar surface area (TPSA) is 49.4 Å². The molecule has 1 unspecified atom stereocenters. The fourth-order valence-electron chi connectivity index (χ4n) is 4.15. The van der Waals surface area contributed by atoms with Crippen molar-refractivity contribution in [2.45, 2.75) is 59.0 Å². The fraction of sp³-hybridized carbons (Fsp3) is 0.333. The minimum Gasteiger partial charge on any atom is -0.355 e. The van der Waals surface area contributed by atoms with Crippen molar-refractivity contribution in [2.24, 2.45) is 0 Å². The lowest BCUT2D eigenvalue weighted by Crippen LogP contribution is -2.50. The van der Waals surface area contributed by atoms with E-state index in [1.54, 1.807) is 4.90 Å². The summed E-state index contributed by atoms with van der Waals surface area (Å²) in [4.78, 5) is 28.6. The molecule has 3 aromatic rings. The van der Waals surface area contributed by atoms with Gasteiger partial charge in [-0.15, -0.1) is 0 Å². The Bertz CT molecular complexity index is 1060. The van der Waals surface area contributed by atoms with Crippen LogP contribution in [0.5, 0.6) is 0 Å². The molecule has 0 aliphatic rings. The molecule has 0 saturated heterocycles. The first-order chi connectivity index (χ1) is 16.5. The summed E-state index contributed by atoms with van der Waals surface area (Å²) in [6.07, 6.45) is 2.50. The lowest BCUT2D eigenvalue weighted by Gasteiger charge is -2.32. The molecule has 0 heterocycles. The zero-order valence-corrected chi connectivity index (χ0v) is 20.6. The van der Waals surface area contributed by atoms with Gasteiger partial charge in [0.25, 0.3) is 0 Å². The molecule has 0 bridgehead atoms. The van der Waals surface area contributed by atoms with Gasteiger partial charge in [0.2, 0.25) is 11.8 Å². The number of carbonyl (C=O) groups excluding carboxylic acids is 2. The molecule has 4 nitrogen and oxygen atoms in total. The zero-order valence-electron chi connectivity index (χ0n) is 20.6. The predicted molar refractivity (Wildman–Crippen MR) is 138 cm³/mol. The van der Waals surface area contributed by atoms with Crippen molar-refractivity contribution in [1.29, 1.82) is 0 Å². The summed E-state index contributed by atoms with van der Waals surface area (Å²) in [5.41, 5.74) is 5.64. The van der Waals surface area contributed by atoms with Gasteiger partial charge in [0, 0.05) is 25.9 Å². The maximum absolute atomic E-state index is 13.6. The molecular weight excluding hydrogens is 420 g/mol. The van der Waals surface area contributed by atoms with Crippen LogP contribution in [0.25, 0.3) is 0 Å². The van der Waals surface area contributed by atoms with Crippen LogP contribution in [0, 0.1) is 6.92 Å². The summed E-state index contributed by atoms with van der Waals surface area (Å²) in [6.45, 7) is 7.03. The molecule has 0 fully saturated rings. The smallest absolute Gasteiger partial charge is 0.243 e. The van der Waals surface area contributed by atoms with Crippen molar-refractivity contribution in [1.82, 2.24) is 10.2 Å². The van der Waals surface area contributed by atoms with Crippen molar-refractivity contribution >= 4 is 11.8 Å². The average Bonchev–Trinajstić information content (AvgIpc) is 2.86. The van der Waals surface area contributed by atoms with Crippen LogP contribution < -0.4 is 5.32 Å². The highest BCUT2D eigenvalue weighted by Crippen LogP contribution is 2.19. The summed E-state index contributed by atoms with van der Waals surface area (Å²) in [6, 6.07) is 25.9. The maximum Gasteiger partial charge on any atom is 0.243 e. The summed E-state index contributed by atoms with van der Waals surface area (Å²) in [5.74, 6) is -0.115. The molecule has 0 spiro atoms. The van der Waals surface area contributed by atoms with Crippen LogP contribution in [0.3, 0.4) is 0 Å². The third-order valence-electron chi connectivity index (χ3n) is 6.28. The van der Waals surface area contributed by atoms with E-state index < -0.39 is 6.04 Å². The number of hydrogen-bond acceptors (Lipinski definition) is 2. The number of rotatable bonds is 11. The van der Waals surface area contributed by atoms with Crippen molar-refractivity contribution in [3.8, 4) is 0 Å². The van der Waals surface area contributed by atoms with E-state index in [0.717, 1.165) is 28.7 Å². The Kier molecular flexibility index (Phi) is 9.45. The Labute approximate surface area is 204 Å². The van der Waals surface area contributed by atoms with E-state index in [9.17, 15) is 9.59 Å². The van der Waals surface area contributed by atoms with Gasteiger partial charge < -0.3 is 10.2 Å². The van der Waals surface area contributed by atoms with Crippen LogP contribution in [0.2, 0.25) is 0 Å². The molecule has 0 aliphatic carbocycles. The number of benzene rings is 3. The number of nitrogens with one attached hydrogen (secondary N) is 1. The third kappa shape index (κ3) is 7.05. The first-order valence-electron chi connectivity index (χ1n) is 12.2. The van der Waals surface area contributed by atoms with Gasteiger partial charge in [-0.2, -0.15) is 0 Å². The SMILES string of the molecule is CCNC(=O)C(Cc1ccccc1)N(Cc1ccccc1C)C(=O)CCc1ccc(CC)cc1. The van der Waals surface area contributed by atoms with Crippen LogP contribution in [0.1, 0.15) is 48.1 Å². The molecule has 2 amide bonds. The number of carbonyl (C=O) groups is 2. The second-order valence-corrected chi connectivity index (χ2v) is 8.72. The van der Waals surface area contributed by atoms with Gasteiger partial charge in [0.1, 0.15) is 6.04 Å². The Balaban J connectivity index is 1.87. The quantitative estimate of drug-likeness (QED) is 0.428. The summed E-state index contributed by atoms with van der Waals surface area (Å²) in [5, 5.41) is 2.96. The van der Waals surface area contributed by atoms with E-state index in [4.69, 9.17) is 0 Å². The van der Waals surface area contributed by atoms with Crippen LogP contribution in [-0.2, 0) is 35.4 Å². The lowest BCUT2D eigenvalue weighted by atomic mass is 10.00. The molecule has 0 radical (unpaired) electrons. The predicted octanol–water partition coefficient (Wildman–Crippen LogP) is 5.27. The van der Waals surface area contributed by atoms with Crippen LogP contribution >= 0.6 is 0 Å². The minimum absolute atomic E-state index is 0.00462. The molecule has 4 heteroatoms. The van der Waals surface area contributed by atoms with Crippen molar-refractivity contribution < 1.29 is 9.59 Å². The van der Waals surface area contributed by atoms with Crippen molar-refractivity contribution in [3.63, 3.8) is 0 Å². The van der Waals surface area contributed by atoms with Gasteiger partial charge in [-0.3, -0.25) is 9.59 Å². The Hall–Kier alpha value is -3.40. The Morgan fingerprint density at radius 1 is 0.824 bits per heavy atom. The molecule has 3 aromatic carbocycles. The molecule has 1 atom stereocenters. The van der Waals surface area contributed by atoms with Crippen molar-refractivity contribution in [3.05, 3.63) is 107 Å². The maximum atomic E-state index is 13.6. The number of likely N-dealkylation sites (N-methyl/N-ethyl adjacent to an activating group) is 1. The summed E-state index contributed by atoms with van der Waals surface area (Å²) < 4.78 is 0.